The number of amides is 1. The number of nitriles is 1. The molecule has 1 atom stereocenters. The number of nitrogens with zero attached hydrogens (tertiary/aromatic N) is 2. The maximum absolute atomic E-state index is 13.4. The molecule has 7 nitrogen and oxygen atoms in total. The fraction of sp³-hybridized carbons (Fsp3) is 0.280. The zero-order valence-electron chi connectivity index (χ0n) is 17.7. The van der Waals surface area contributed by atoms with Gasteiger partial charge in [-0.3, -0.25) is 4.79 Å². The normalized spacial score (nSPS) is 22.9. The van der Waals surface area contributed by atoms with E-state index in [1.54, 1.807) is 0 Å². The first-order valence-corrected chi connectivity index (χ1v) is 10.8. The molecule has 4 heterocycles. The maximum Gasteiger partial charge on any atom is 0.244 e. The molecule has 0 aliphatic carbocycles. The number of aryl methyl sites for hydroxylation is 1. The van der Waals surface area contributed by atoms with Crippen LogP contribution < -0.4 is 20.5 Å². The van der Waals surface area contributed by atoms with Gasteiger partial charge in [-0.05, 0) is 43.2 Å². The Morgan fingerprint density at radius 1 is 1.19 bits per heavy atom. The van der Waals surface area contributed by atoms with Gasteiger partial charge in [-0.15, -0.1) is 0 Å². The van der Waals surface area contributed by atoms with E-state index in [1.807, 2.05) is 48.2 Å². The van der Waals surface area contributed by atoms with Crippen molar-refractivity contribution in [2.45, 2.75) is 25.2 Å². The van der Waals surface area contributed by atoms with Crippen molar-refractivity contribution in [1.29, 1.82) is 5.26 Å². The highest BCUT2D eigenvalue weighted by atomic mass is 16.5. The van der Waals surface area contributed by atoms with E-state index in [1.165, 1.54) is 0 Å². The largest absolute Gasteiger partial charge is 0.490 e. The van der Waals surface area contributed by atoms with Gasteiger partial charge in [0.25, 0.3) is 0 Å². The summed E-state index contributed by atoms with van der Waals surface area (Å²) in [5.74, 6) is 1.51. The summed E-state index contributed by atoms with van der Waals surface area (Å²) in [6.45, 7) is 3.81. The van der Waals surface area contributed by atoms with Crippen molar-refractivity contribution in [3.05, 3.63) is 70.1 Å². The van der Waals surface area contributed by atoms with Crippen LogP contribution in [0.2, 0.25) is 0 Å². The zero-order chi connectivity index (χ0) is 22.0. The third-order valence-electron chi connectivity index (χ3n) is 6.76. The molecule has 0 aromatic heterocycles. The first kappa shape index (κ1) is 18.8. The fourth-order valence-electron chi connectivity index (χ4n) is 5.19. The van der Waals surface area contributed by atoms with Gasteiger partial charge in [0.15, 0.2) is 11.5 Å². The Balaban J connectivity index is 1.61. The lowest BCUT2D eigenvalue weighted by molar-refractivity contribution is -0.118. The van der Waals surface area contributed by atoms with Gasteiger partial charge in [0.1, 0.15) is 17.3 Å². The molecule has 1 amide bonds. The molecule has 0 radical (unpaired) electrons. The second-order valence-corrected chi connectivity index (χ2v) is 8.62. The van der Waals surface area contributed by atoms with Crippen LogP contribution in [0.4, 0.5) is 5.69 Å². The second kappa shape index (κ2) is 6.54. The number of carbonyl (C=O) groups is 1. The van der Waals surface area contributed by atoms with Gasteiger partial charge >= 0.3 is 0 Å². The third-order valence-corrected chi connectivity index (χ3v) is 6.76. The Morgan fingerprint density at radius 3 is 2.75 bits per heavy atom. The molecule has 32 heavy (non-hydrogen) atoms. The molecule has 0 saturated heterocycles. The van der Waals surface area contributed by atoms with E-state index in [4.69, 9.17) is 15.2 Å². The van der Waals surface area contributed by atoms with Crippen molar-refractivity contribution < 1.29 is 14.3 Å². The zero-order valence-corrected chi connectivity index (χ0v) is 17.7. The summed E-state index contributed by atoms with van der Waals surface area (Å²) in [5, 5.41) is 13.1. The quantitative estimate of drug-likeness (QED) is 0.672. The Labute approximate surface area is 185 Å². The lowest BCUT2D eigenvalue weighted by atomic mass is 9.71. The Morgan fingerprint density at radius 2 is 1.97 bits per heavy atom. The maximum atomic E-state index is 13.4. The molecule has 7 heteroatoms. The lowest BCUT2D eigenvalue weighted by Gasteiger charge is -2.41. The number of nitrogens with two attached hydrogens (primary N) is 1. The molecule has 0 fully saturated rings. The number of hydrogen-bond donors (Lipinski definition) is 2. The van der Waals surface area contributed by atoms with Crippen molar-refractivity contribution in [3.63, 3.8) is 0 Å². The van der Waals surface area contributed by atoms with Gasteiger partial charge in [-0.2, -0.15) is 5.26 Å². The van der Waals surface area contributed by atoms with E-state index in [9.17, 15) is 10.1 Å². The minimum Gasteiger partial charge on any atom is -0.490 e. The minimum atomic E-state index is -1.26. The molecule has 3 N–H and O–H groups in total. The number of hydrogen-bond acceptors (Lipinski definition) is 6. The van der Waals surface area contributed by atoms with Crippen LogP contribution in [0.1, 0.15) is 28.7 Å². The molecule has 0 unspecified atom stereocenters. The molecule has 4 aliphatic rings. The molecular formula is C25H22N4O3. The predicted molar refractivity (Wildman–Crippen MR) is 119 cm³/mol. The highest BCUT2D eigenvalue weighted by Crippen LogP contribution is 2.51. The van der Waals surface area contributed by atoms with Crippen molar-refractivity contribution in [2.24, 2.45) is 5.73 Å². The average Bonchev–Trinajstić information content (AvgIpc) is 2.93. The summed E-state index contributed by atoms with van der Waals surface area (Å²) >= 11 is 0. The molecule has 0 bridgehead atoms. The third kappa shape index (κ3) is 2.38. The van der Waals surface area contributed by atoms with Crippen LogP contribution in [0.3, 0.4) is 0 Å². The number of rotatable bonds is 0. The van der Waals surface area contributed by atoms with Crippen LogP contribution in [0.25, 0.3) is 5.70 Å². The SMILES string of the molecule is Cc1ccc2c(c1)[C@@]1(C=C3c4cc5c(cc4CCN3C(N)=C1C#N)OCCCO5)C(=O)N2. The van der Waals surface area contributed by atoms with Gasteiger partial charge < -0.3 is 25.4 Å². The van der Waals surface area contributed by atoms with Crippen molar-refractivity contribution in [1.82, 2.24) is 4.90 Å². The number of fused-ring (bicyclic) bond motifs is 6. The van der Waals surface area contributed by atoms with E-state index in [0.29, 0.717) is 37.0 Å². The number of benzene rings is 2. The first-order valence-electron chi connectivity index (χ1n) is 10.8. The van der Waals surface area contributed by atoms with Crippen LogP contribution >= 0.6 is 0 Å². The molecule has 2 aromatic carbocycles. The number of anilines is 1. The Kier molecular flexibility index (Phi) is 3.84. The van der Waals surface area contributed by atoms with Gasteiger partial charge in [0.05, 0.1) is 18.8 Å². The standard InChI is InChI=1S/C25H22N4O3/c1-14-3-4-19-17(9-14)25(24(30)28-19)12-20-16-11-22-21(31-7-2-8-32-22)10-15(16)5-6-29(20)23(27)18(25)13-26/h3-4,9-12H,2,5-8,27H2,1H3,(H,28,30)/t25-/m1/s1. The van der Waals surface area contributed by atoms with Crippen molar-refractivity contribution in [2.75, 3.05) is 25.1 Å². The van der Waals surface area contributed by atoms with Gasteiger partial charge in [0, 0.05) is 35.5 Å². The predicted octanol–water partition coefficient (Wildman–Crippen LogP) is 2.95. The topological polar surface area (TPSA) is 101 Å². The summed E-state index contributed by atoms with van der Waals surface area (Å²) in [6, 6.07) is 12.1. The van der Waals surface area contributed by atoms with Crippen molar-refractivity contribution in [3.8, 4) is 17.6 Å². The number of carbonyl (C=O) groups excluding carboxylic acids is 1. The van der Waals surface area contributed by atoms with E-state index in [-0.39, 0.29) is 11.5 Å². The molecule has 2 aromatic rings. The minimum absolute atomic E-state index is 0.258. The van der Waals surface area contributed by atoms with Crippen LogP contribution in [0.5, 0.6) is 11.5 Å². The molecule has 0 saturated carbocycles. The lowest BCUT2D eigenvalue weighted by Crippen LogP contribution is -2.45. The summed E-state index contributed by atoms with van der Waals surface area (Å²) in [6.07, 6.45) is 3.48. The summed E-state index contributed by atoms with van der Waals surface area (Å²) in [5.41, 5.74) is 11.0. The summed E-state index contributed by atoms with van der Waals surface area (Å²) in [7, 11) is 0. The molecule has 1 spiro atoms. The highest BCUT2D eigenvalue weighted by molar-refractivity contribution is 6.12. The summed E-state index contributed by atoms with van der Waals surface area (Å²) in [4.78, 5) is 15.4. The fourth-order valence-corrected chi connectivity index (χ4v) is 5.19. The van der Waals surface area contributed by atoms with Gasteiger partial charge in [-0.25, -0.2) is 0 Å². The van der Waals surface area contributed by atoms with E-state index < -0.39 is 5.41 Å². The van der Waals surface area contributed by atoms with Crippen LogP contribution in [0.15, 0.2) is 47.8 Å². The molecule has 160 valence electrons. The van der Waals surface area contributed by atoms with Crippen LogP contribution in [-0.4, -0.2) is 30.6 Å². The molecular weight excluding hydrogens is 404 g/mol. The smallest absolute Gasteiger partial charge is 0.244 e. The molecule has 4 aliphatic heterocycles. The second-order valence-electron chi connectivity index (χ2n) is 8.62. The van der Waals surface area contributed by atoms with Gasteiger partial charge in [-0.1, -0.05) is 17.7 Å². The van der Waals surface area contributed by atoms with Crippen LogP contribution in [0, 0.1) is 18.3 Å². The first-order chi connectivity index (χ1) is 15.5. The van der Waals surface area contributed by atoms with E-state index >= 15 is 0 Å². The summed E-state index contributed by atoms with van der Waals surface area (Å²) < 4.78 is 11.8. The Bertz CT molecular complexity index is 1300. The molecule has 6 rings (SSSR count). The van der Waals surface area contributed by atoms with Crippen LogP contribution in [-0.2, 0) is 16.6 Å². The van der Waals surface area contributed by atoms with E-state index in [2.05, 4.69) is 11.4 Å². The van der Waals surface area contributed by atoms with Gasteiger partial charge in [0.2, 0.25) is 5.91 Å². The highest BCUT2D eigenvalue weighted by Gasteiger charge is 2.53. The Hall–Kier alpha value is -3.92. The monoisotopic (exact) mass is 426 g/mol. The number of nitrogens with one attached hydrogen (secondary N) is 1. The average molecular weight is 426 g/mol. The van der Waals surface area contributed by atoms with Crippen molar-refractivity contribution >= 4 is 17.3 Å². The van der Waals surface area contributed by atoms with E-state index in [0.717, 1.165) is 46.5 Å². The number of ether oxygens (including phenoxy) is 2.